The number of halogens is 1. The van der Waals surface area contributed by atoms with Gasteiger partial charge in [-0.1, -0.05) is 0 Å². The van der Waals surface area contributed by atoms with Crippen molar-refractivity contribution in [2.45, 2.75) is 13.3 Å². The Labute approximate surface area is 68.9 Å². The van der Waals surface area contributed by atoms with Crippen molar-refractivity contribution in [3.05, 3.63) is 29.3 Å². The van der Waals surface area contributed by atoms with E-state index in [1.165, 1.54) is 12.3 Å². The Morgan fingerprint density at radius 1 is 1.75 bits per heavy atom. The van der Waals surface area contributed by atoms with Crippen LogP contribution in [0.5, 0.6) is 0 Å². The summed E-state index contributed by atoms with van der Waals surface area (Å²) in [6.45, 7) is 1.65. The molecule has 0 spiro atoms. The lowest BCUT2D eigenvalue weighted by molar-refractivity contribution is -0.136. The fourth-order valence-electron chi connectivity index (χ4n) is 0.848. The number of aromatic nitrogens is 1. The average molecular weight is 169 g/mol. The van der Waals surface area contributed by atoms with Crippen LogP contribution in [0.15, 0.2) is 12.3 Å². The minimum atomic E-state index is -1.06. The van der Waals surface area contributed by atoms with Crippen LogP contribution in [0.25, 0.3) is 0 Å². The van der Waals surface area contributed by atoms with E-state index < -0.39 is 11.8 Å². The van der Waals surface area contributed by atoms with Gasteiger partial charge in [-0.3, -0.25) is 9.78 Å². The average Bonchev–Trinajstić information content (AvgIpc) is 1.94. The van der Waals surface area contributed by atoms with Gasteiger partial charge in [-0.05, 0) is 13.0 Å². The molecule has 0 atom stereocenters. The van der Waals surface area contributed by atoms with Crippen molar-refractivity contribution in [2.75, 3.05) is 0 Å². The molecule has 1 N–H and O–H groups in total. The Kier molecular flexibility index (Phi) is 2.38. The van der Waals surface area contributed by atoms with Gasteiger partial charge in [-0.2, -0.15) is 0 Å². The number of carbonyl (C=O) groups is 1. The minimum Gasteiger partial charge on any atom is -0.481 e. The van der Waals surface area contributed by atoms with Gasteiger partial charge in [0.15, 0.2) is 0 Å². The van der Waals surface area contributed by atoms with Gasteiger partial charge in [-0.25, -0.2) is 4.39 Å². The summed E-state index contributed by atoms with van der Waals surface area (Å²) in [4.78, 5) is 14.0. The highest BCUT2D eigenvalue weighted by atomic mass is 19.1. The number of aryl methyl sites for hydroxylation is 1. The Balaban J connectivity index is 2.93. The maximum atomic E-state index is 12.9. The van der Waals surface area contributed by atoms with Gasteiger partial charge in [0.1, 0.15) is 5.82 Å². The fraction of sp³-hybridized carbons (Fsp3) is 0.250. The van der Waals surface area contributed by atoms with Gasteiger partial charge in [-0.15, -0.1) is 0 Å². The lowest BCUT2D eigenvalue weighted by Gasteiger charge is -1.98. The molecule has 0 aliphatic rings. The van der Waals surface area contributed by atoms with Crippen molar-refractivity contribution in [1.29, 1.82) is 0 Å². The van der Waals surface area contributed by atoms with Crippen molar-refractivity contribution < 1.29 is 14.3 Å². The number of aliphatic carboxylic acids is 1. The van der Waals surface area contributed by atoms with Crippen LogP contribution < -0.4 is 0 Å². The zero-order valence-electron chi connectivity index (χ0n) is 6.54. The van der Waals surface area contributed by atoms with Gasteiger partial charge >= 0.3 is 5.97 Å². The number of carboxylic acids is 1. The molecule has 0 saturated heterocycles. The summed E-state index contributed by atoms with van der Waals surface area (Å²) < 4.78 is 12.9. The molecule has 4 heteroatoms. The molecule has 0 amide bonds. The SMILES string of the molecule is Cc1cc(F)c(CC(=O)O)cn1. The number of hydrogen-bond donors (Lipinski definition) is 1. The molecule has 0 unspecified atom stereocenters. The first-order valence-corrected chi connectivity index (χ1v) is 3.42. The van der Waals surface area contributed by atoms with Crippen molar-refractivity contribution in [3.63, 3.8) is 0 Å². The quantitative estimate of drug-likeness (QED) is 0.722. The molecule has 0 radical (unpaired) electrons. The monoisotopic (exact) mass is 169 g/mol. The van der Waals surface area contributed by atoms with Crippen molar-refractivity contribution in [2.24, 2.45) is 0 Å². The highest BCUT2D eigenvalue weighted by Crippen LogP contribution is 2.07. The highest BCUT2D eigenvalue weighted by Gasteiger charge is 2.06. The maximum absolute atomic E-state index is 12.9. The zero-order valence-corrected chi connectivity index (χ0v) is 6.54. The Hall–Kier alpha value is -1.45. The molecule has 0 aliphatic carbocycles. The van der Waals surface area contributed by atoms with Gasteiger partial charge in [0.05, 0.1) is 6.42 Å². The van der Waals surface area contributed by atoms with E-state index in [1.807, 2.05) is 0 Å². The maximum Gasteiger partial charge on any atom is 0.307 e. The third kappa shape index (κ3) is 2.02. The Morgan fingerprint density at radius 3 is 2.92 bits per heavy atom. The van der Waals surface area contributed by atoms with E-state index in [0.717, 1.165) is 0 Å². The molecule has 0 fully saturated rings. The predicted octanol–water partition coefficient (Wildman–Crippen LogP) is 1.16. The molecule has 0 aliphatic heterocycles. The second-order valence-corrected chi connectivity index (χ2v) is 2.49. The molecule has 64 valence electrons. The smallest absolute Gasteiger partial charge is 0.307 e. The van der Waals surface area contributed by atoms with Crippen LogP contribution in [0.3, 0.4) is 0 Å². The molecule has 1 aromatic heterocycles. The van der Waals surface area contributed by atoms with E-state index in [2.05, 4.69) is 4.98 Å². The van der Waals surface area contributed by atoms with E-state index in [9.17, 15) is 9.18 Å². The summed E-state index contributed by atoms with van der Waals surface area (Å²) in [6.07, 6.45) is 0.928. The summed E-state index contributed by atoms with van der Waals surface area (Å²) in [5.41, 5.74) is 0.662. The number of carboxylic acid groups (broad SMARTS) is 1. The largest absolute Gasteiger partial charge is 0.481 e. The summed E-state index contributed by atoms with van der Waals surface area (Å²) in [5.74, 6) is -1.57. The van der Waals surface area contributed by atoms with Crippen LogP contribution >= 0.6 is 0 Å². The number of pyridine rings is 1. The summed E-state index contributed by atoms with van der Waals surface area (Å²) in [5, 5.41) is 8.37. The highest BCUT2D eigenvalue weighted by molar-refractivity contribution is 5.70. The second kappa shape index (κ2) is 3.30. The zero-order chi connectivity index (χ0) is 9.14. The van der Waals surface area contributed by atoms with Crippen LogP contribution in [0.4, 0.5) is 4.39 Å². The molecular weight excluding hydrogens is 161 g/mol. The van der Waals surface area contributed by atoms with Gasteiger partial charge in [0.25, 0.3) is 0 Å². The van der Waals surface area contributed by atoms with Crippen molar-refractivity contribution in [3.8, 4) is 0 Å². The van der Waals surface area contributed by atoms with E-state index >= 15 is 0 Å². The molecule has 3 nitrogen and oxygen atoms in total. The van der Waals surface area contributed by atoms with Crippen LogP contribution in [0.1, 0.15) is 11.3 Å². The van der Waals surface area contributed by atoms with Crippen LogP contribution in [0, 0.1) is 12.7 Å². The molecule has 0 bridgehead atoms. The van der Waals surface area contributed by atoms with Gasteiger partial charge < -0.3 is 5.11 Å². The summed E-state index contributed by atoms with van der Waals surface area (Å²) in [7, 11) is 0. The van der Waals surface area contributed by atoms with Gasteiger partial charge in [0, 0.05) is 17.5 Å². The summed E-state index contributed by atoms with van der Waals surface area (Å²) in [6, 6.07) is 1.22. The topological polar surface area (TPSA) is 50.2 Å². The number of hydrogen-bond acceptors (Lipinski definition) is 2. The molecule has 1 heterocycles. The molecule has 0 saturated carbocycles. The molecule has 1 aromatic rings. The fourth-order valence-corrected chi connectivity index (χ4v) is 0.848. The number of rotatable bonds is 2. The third-order valence-electron chi connectivity index (χ3n) is 1.41. The van der Waals surface area contributed by atoms with E-state index in [-0.39, 0.29) is 12.0 Å². The predicted molar refractivity (Wildman–Crippen MR) is 40.3 cm³/mol. The van der Waals surface area contributed by atoms with E-state index in [4.69, 9.17) is 5.11 Å². The third-order valence-corrected chi connectivity index (χ3v) is 1.41. The summed E-state index contributed by atoms with van der Waals surface area (Å²) >= 11 is 0. The van der Waals surface area contributed by atoms with Crippen LogP contribution in [-0.4, -0.2) is 16.1 Å². The van der Waals surface area contributed by atoms with Crippen LogP contribution in [-0.2, 0) is 11.2 Å². The first kappa shape index (κ1) is 8.64. The Morgan fingerprint density at radius 2 is 2.42 bits per heavy atom. The van der Waals surface area contributed by atoms with Gasteiger partial charge in [0.2, 0.25) is 0 Å². The van der Waals surface area contributed by atoms with Crippen LogP contribution in [0.2, 0.25) is 0 Å². The Bertz CT molecular complexity index is 312. The van der Waals surface area contributed by atoms with Crippen molar-refractivity contribution in [1.82, 2.24) is 4.98 Å². The lowest BCUT2D eigenvalue weighted by Crippen LogP contribution is -2.03. The van der Waals surface area contributed by atoms with E-state index in [1.54, 1.807) is 6.92 Å². The second-order valence-electron chi connectivity index (χ2n) is 2.49. The van der Waals surface area contributed by atoms with E-state index in [0.29, 0.717) is 5.69 Å². The first-order valence-electron chi connectivity index (χ1n) is 3.42. The minimum absolute atomic E-state index is 0.119. The van der Waals surface area contributed by atoms with Crippen molar-refractivity contribution >= 4 is 5.97 Å². The molecule has 1 rings (SSSR count). The number of nitrogens with zero attached hydrogens (tertiary/aromatic N) is 1. The normalized spacial score (nSPS) is 9.83. The first-order chi connectivity index (χ1) is 5.59. The lowest BCUT2D eigenvalue weighted by atomic mass is 10.2. The molecule has 12 heavy (non-hydrogen) atoms. The molecule has 0 aromatic carbocycles. The molecular formula is C8H8FNO2. The standard InChI is InChI=1S/C8H8FNO2/c1-5-2-7(9)6(4-10-5)3-8(11)12/h2,4H,3H2,1H3,(H,11,12).